The third kappa shape index (κ3) is 9.76. The number of benzene rings is 1. The lowest BCUT2D eigenvalue weighted by molar-refractivity contribution is -0.485. The highest BCUT2D eigenvalue weighted by Crippen LogP contribution is 2.18. The Labute approximate surface area is 180 Å². The predicted molar refractivity (Wildman–Crippen MR) is 113 cm³/mol. The SMILES string of the molecule is CC(C)(C)OC(=O)N(Cc1ccc(CO)cc1)[C@H](CCCNC(N)=N[N+](=O)[O-])C(N)=O. The van der Waals surface area contributed by atoms with Gasteiger partial charge in [-0.3, -0.25) is 9.69 Å². The summed E-state index contributed by atoms with van der Waals surface area (Å²) in [4.78, 5) is 36.5. The van der Waals surface area contributed by atoms with E-state index in [-0.39, 0.29) is 32.1 Å². The van der Waals surface area contributed by atoms with Crippen molar-refractivity contribution < 1.29 is 24.5 Å². The molecule has 0 aliphatic heterocycles. The molecule has 2 amide bonds. The van der Waals surface area contributed by atoms with Crippen LogP contribution < -0.4 is 16.8 Å². The lowest BCUT2D eigenvalue weighted by Crippen LogP contribution is -2.49. The van der Waals surface area contributed by atoms with Gasteiger partial charge in [-0.15, -0.1) is 0 Å². The van der Waals surface area contributed by atoms with E-state index in [9.17, 15) is 24.8 Å². The number of amides is 2. The molecule has 31 heavy (non-hydrogen) atoms. The fourth-order valence-corrected chi connectivity index (χ4v) is 2.66. The number of rotatable bonds is 10. The summed E-state index contributed by atoms with van der Waals surface area (Å²) in [5.41, 5.74) is 11.6. The third-order valence-electron chi connectivity index (χ3n) is 4.04. The van der Waals surface area contributed by atoms with E-state index in [1.165, 1.54) is 4.90 Å². The first-order valence-corrected chi connectivity index (χ1v) is 9.63. The summed E-state index contributed by atoms with van der Waals surface area (Å²) in [6.45, 7) is 5.25. The molecule has 0 aromatic heterocycles. The number of hydrazone groups is 1. The van der Waals surface area contributed by atoms with Crippen LogP contribution in [0.15, 0.2) is 29.4 Å². The largest absolute Gasteiger partial charge is 0.444 e. The van der Waals surface area contributed by atoms with Crippen LogP contribution in [0.3, 0.4) is 0 Å². The zero-order valence-electron chi connectivity index (χ0n) is 17.9. The van der Waals surface area contributed by atoms with Crippen molar-refractivity contribution in [3.63, 3.8) is 0 Å². The van der Waals surface area contributed by atoms with E-state index in [0.29, 0.717) is 12.0 Å². The first-order valence-electron chi connectivity index (χ1n) is 9.63. The fraction of sp³-hybridized carbons (Fsp3) is 0.526. The van der Waals surface area contributed by atoms with Gasteiger partial charge in [0.1, 0.15) is 16.7 Å². The van der Waals surface area contributed by atoms with Crippen LogP contribution in [0.1, 0.15) is 44.7 Å². The molecule has 172 valence electrons. The van der Waals surface area contributed by atoms with Crippen molar-refractivity contribution in [1.29, 1.82) is 0 Å². The Kier molecular flexibility index (Phi) is 9.67. The Balaban J connectivity index is 2.97. The molecule has 0 fully saturated rings. The van der Waals surface area contributed by atoms with Gasteiger partial charge in [0, 0.05) is 13.1 Å². The van der Waals surface area contributed by atoms with Crippen LogP contribution in [-0.2, 0) is 22.7 Å². The number of primary amides is 1. The van der Waals surface area contributed by atoms with E-state index >= 15 is 0 Å². The van der Waals surface area contributed by atoms with Crippen molar-refractivity contribution in [2.45, 2.75) is 58.4 Å². The van der Waals surface area contributed by atoms with Gasteiger partial charge in [0.15, 0.2) is 5.03 Å². The molecule has 0 aliphatic rings. The van der Waals surface area contributed by atoms with Gasteiger partial charge in [0.05, 0.1) is 6.61 Å². The van der Waals surface area contributed by atoms with Crippen molar-refractivity contribution in [3.8, 4) is 0 Å². The molecule has 0 aliphatic carbocycles. The minimum atomic E-state index is -0.983. The van der Waals surface area contributed by atoms with Crippen LogP contribution in [0, 0.1) is 10.1 Å². The number of aliphatic hydroxyl groups excluding tert-OH is 1. The topological polar surface area (TPSA) is 186 Å². The van der Waals surface area contributed by atoms with Gasteiger partial charge in [-0.25, -0.2) is 14.9 Å². The van der Waals surface area contributed by atoms with E-state index < -0.39 is 28.7 Å². The van der Waals surface area contributed by atoms with E-state index in [4.69, 9.17) is 16.2 Å². The van der Waals surface area contributed by atoms with E-state index in [0.717, 1.165) is 5.56 Å². The monoisotopic (exact) mass is 438 g/mol. The van der Waals surface area contributed by atoms with Crippen LogP contribution in [0.25, 0.3) is 0 Å². The minimum absolute atomic E-state index is 0.0621. The summed E-state index contributed by atoms with van der Waals surface area (Å²) in [5.74, 6) is -1.08. The minimum Gasteiger partial charge on any atom is -0.444 e. The summed E-state index contributed by atoms with van der Waals surface area (Å²) in [7, 11) is 0. The molecule has 0 spiro atoms. The Morgan fingerprint density at radius 3 is 2.32 bits per heavy atom. The van der Waals surface area contributed by atoms with Gasteiger partial charge in [-0.05, 0) is 44.7 Å². The summed E-state index contributed by atoms with van der Waals surface area (Å²) in [6, 6.07) is 5.91. The molecule has 0 bridgehead atoms. The summed E-state index contributed by atoms with van der Waals surface area (Å²) >= 11 is 0. The standard InChI is InChI=1S/C19H30N6O6/c1-19(2,3)31-18(28)24(11-13-6-8-14(12-26)9-7-13)15(16(20)27)5-4-10-22-17(21)23-25(29)30/h6-9,15,26H,4-5,10-12H2,1-3H3,(H2,20,27)(H3,21,22,23)/t15-/m1/s1. The summed E-state index contributed by atoms with van der Waals surface area (Å²) in [5, 5.41) is 24.0. The Morgan fingerprint density at radius 1 is 1.26 bits per heavy atom. The van der Waals surface area contributed by atoms with Gasteiger partial charge in [0.2, 0.25) is 5.91 Å². The number of nitrogens with two attached hydrogens (primary N) is 2. The molecular formula is C19H30N6O6. The molecule has 1 aromatic carbocycles. The molecule has 6 N–H and O–H groups in total. The molecule has 1 aromatic rings. The summed E-state index contributed by atoms with van der Waals surface area (Å²) < 4.78 is 5.45. The van der Waals surface area contributed by atoms with Gasteiger partial charge >= 0.3 is 6.09 Å². The number of carbonyl (C=O) groups excluding carboxylic acids is 2. The molecule has 0 radical (unpaired) electrons. The highest BCUT2D eigenvalue weighted by molar-refractivity contribution is 5.84. The number of aliphatic hydroxyl groups is 1. The number of nitrogens with one attached hydrogen (secondary N) is 1. The lowest BCUT2D eigenvalue weighted by Gasteiger charge is -2.32. The molecule has 0 saturated heterocycles. The second kappa shape index (κ2) is 11.7. The zero-order chi connectivity index (χ0) is 23.6. The number of carbonyl (C=O) groups is 2. The van der Waals surface area contributed by atoms with Crippen LogP contribution in [0.4, 0.5) is 4.79 Å². The van der Waals surface area contributed by atoms with E-state index in [1.807, 2.05) is 0 Å². The van der Waals surface area contributed by atoms with Crippen molar-refractivity contribution in [1.82, 2.24) is 10.2 Å². The molecule has 0 saturated carbocycles. The fourth-order valence-electron chi connectivity index (χ4n) is 2.66. The van der Waals surface area contributed by atoms with Crippen LogP contribution in [0.2, 0.25) is 0 Å². The first-order chi connectivity index (χ1) is 14.4. The normalized spacial score (nSPS) is 12.7. The summed E-state index contributed by atoms with van der Waals surface area (Å²) in [6.07, 6.45) is -0.211. The maximum atomic E-state index is 12.8. The van der Waals surface area contributed by atoms with E-state index in [2.05, 4.69) is 10.4 Å². The van der Waals surface area contributed by atoms with Gasteiger partial charge in [-0.1, -0.05) is 24.3 Å². The number of hydrogen-bond acceptors (Lipinski definition) is 6. The maximum absolute atomic E-state index is 12.8. The lowest BCUT2D eigenvalue weighted by atomic mass is 10.1. The third-order valence-corrected chi connectivity index (χ3v) is 4.04. The van der Waals surface area contributed by atoms with Crippen molar-refractivity contribution in [2.75, 3.05) is 6.54 Å². The number of ether oxygens (including phenoxy) is 1. The molecule has 1 rings (SSSR count). The molecule has 12 nitrogen and oxygen atoms in total. The predicted octanol–water partition coefficient (Wildman–Crippen LogP) is 0.646. The Hall–Kier alpha value is -3.41. The Morgan fingerprint density at radius 2 is 1.84 bits per heavy atom. The van der Waals surface area contributed by atoms with Crippen molar-refractivity contribution in [2.24, 2.45) is 16.6 Å². The molecule has 0 unspecified atom stereocenters. The maximum Gasteiger partial charge on any atom is 0.411 e. The first kappa shape index (κ1) is 25.6. The second-order valence-corrected chi connectivity index (χ2v) is 7.79. The highest BCUT2D eigenvalue weighted by atomic mass is 16.7. The molecule has 12 heteroatoms. The Bertz CT molecular complexity index is 790. The van der Waals surface area contributed by atoms with Crippen molar-refractivity contribution in [3.05, 3.63) is 45.5 Å². The van der Waals surface area contributed by atoms with Crippen molar-refractivity contribution >= 4 is 18.0 Å². The highest BCUT2D eigenvalue weighted by Gasteiger charge is 2.31. The van der Waals surface area contributed by atoms with Crippen LogP contribution >= 0.6 is 0 Å². The average Bonchev–Trinajstić information content (AvgIpc) is 2.65. The number of nitro groups is 1. The number of guanidine groups is 1. The smallest absolute Gasteiger partial charge is 0.411 e. The molecule has 1 atom stereocenters. The van der Waals surface area contributed by atoms with Gasteiger partial charge in [-0.2, -0.15) is 0 Å². The average molecular weight is 438 g/mol. The number of hydrogen-bond donors (Lipinski definition) is 4. The quantitative estimate of drug-likeness (QED) is 0.135. The van der Waals surface area contributed by atoms with Gasteiger partial charge in [0.25, 0.3) is 5.96 Å². The van der Waals surface area contributed by atoms with E-state index in [1.54, 1.807) is 45.0 Å². The van der Waals surface area contributed by atoms with Gasteiger partial charge < -0.3 is 26.6 Å². The second-order valence-electron chi connectivity index (χ2n) is 7.79. The zero-order valence-corrected chi connectivity index (χ0v) is 17.9. The number of nitrogens with zero attached hydrogens (tertiary/aromatic N) is 3. The molecular weight excluding hydrogens is 408 g/mol. The van der Waals surface area contributed by atoms with Crippen LogP contribution in [0.5, 0.6) is 0 Å². The molecule has 0 heterocycles. The van der Waals surface area contributed by atoms with Crippen LogP contribution in [-0.4, -0.2) is 51.2 Å².